The standard InChI is InChI=1S/C30H38O3Si/c1-19(2)34(20(3)4,21(5)6)33-27-14-11-23-18-30(7,29(31)28(23)17-27)25-12-9-22-10-13-26(32-8)16-24(22)15-25/h9-17,19-21H,18H2,1-8H3/t30-/m0/s1. The van der Waals surface area contributed by atoms with E-state index in [0.29, 0.717) is 23.0 Å². The maximum atomic E-state index is 13.8. The second-order valence-corrected chi connectivity index (χ2v) is 16.4. The van der Waals surface area contributed by atoms with Gasteiger partial charge in [0, 0.05) is 5.56 Å². The van der Waals surface area contributed by atoms with Crippen molar-refractivity contribution in [1.82, 2.24) is 0 Å². The number of carbonyl (C=O) groups excluding carboxylic acids is 1. The summed E-state index contributed by atoms with van der Waals surface area (Å²) in [6, 6.07) is 18.6. The molecule has 3 aromatic carbocycles. The fourth-order valence-corrected chi connectivity index (χ4v) is 11.5. The second-order valence-electron chi connectivity index (χ2n) is 11.0. The van der Waals surface area contributed by atoms with Crippen molar-refractivity contribution in [3.05, 3.63) is 71.3 Å². The van der Waals surface area contributed by atoms with Gasteiger partial charge >= 0.3 is 0 Å². The van der Waals surface area contributed by atoms with Crippen LogP contribution in [0.2, 0.25) is 16.6 Å². The van der Waals surface area contributed by atoms with E-state index in [1.807, 2.05) is 18.2 Å². The first-order valence-electron chi connectivity index (χ1n) is 12.5. The molecule has 0 spiro atoms. The van der Waals surface area contributed by atoms with E-state index in [1.54, 1.807) is 7.11 Å². The van der Waals surface area contributed by atoms with Crippen LogP contribution in [0.4, 0.5) is 0 Å². The molecule has 0 radical (unpaired) electrons. The summed E-state index contributed by atoms with van der Waals surface area (Å²) in [6.07, 6.45) is 0.706. The van der Waals surface area contributed by atoms with E-state index in [4.69, 9.17) is 9.16 Å². The predicted octanol–water partition coefficient (Wildman–Crippen LogP) is 8.10. The second kappa shape index (κ2) is 8.88. The Morgan fingerprint density at radius 2 is 1.41 bits per heavy atom. The molecule has 0 amide bonds. The monoisotopic (exact) mass is 474 g/mol. The van der Waals surface area contributed by atoms with Crippen LogP contribution in [0, 0.1) is 0 Å². The van der Waals surface area contributed by atoms with E-state index in [1.165, 1.54) is 0 Å². The molecule has 0 aromatic heterocycles. The summed E-state index contributed by atoms with van der Waals surface area (Å²) in [6.45, 7) is 15.8. The van der Waals surface area contributed by atoms with Crippen molar-refractivity contribution in [1.29, 1.82) is 0 Å². The van der Waals surface area contributed by atoms with E-state index in [-0.39, 0.29) is 5.78 Å². The Balaban J connectivity index is 1.70. The third-order valence-corrected chi connectivity index (χ3v) is 14.1. The molecule has 3 nitrogen and oxygen atoms in total. The molecule has 4 heteroatoms. The molecular weight excluding hydrogens is 436 g/mol. The van der Waals surface area contributed by atoms with Gasteiger partial charge in [-0.05, 0) is 82.2 Å². The quantitative estimate of drug-likeness (QED) is 0.325. The van der Waals surface area contributed by atoms with Gasteiger partial charge in [-0.15, -0.1) is 0 Å². The summed E-state index contributed by atoms with van der Waals surface area (Å²) in [5.74, 6) is 1.86. The smallest absolute Gasteiger partial charge is 0.258 e. The highest BCUT2D eigenvalue weighted by Crippen LogP contribution is 2.45. The van der Waals surface area contributed by atoms with E-state index in [2.05, 4.69) is 84.9 Å². The Kier molecular flexibility index (Phi) is 6.41. The molecule has 0 heterocycles. The average Bonchev–Trinajstić information content (AvgIpc) is 3.06. The van der Waals surface area contributed by atoms with E-state index in [9.17, 15) is 4.79 Å². The molecule has 0 bridgehead atoms. The largest absolute Gasteiger partial charge is 0.543 e. The zero-order valence-electron chi connectivity index (χ0n) is 21.9. The van der Waals surface area contributed by atoms with Crippen molar-refractivity contribution in [2.45, 2.75) is 76.9 Å². The van der Waals surface area contributed by atoms with Crippen molar-refractivity contribution >= 4 is 24.9 Å². The maximum absolute atomic E-state index is 13.8. The summed E-state index contributed by atoms with van der Waals surface area (Å²) in [4.78, 5) is 13.8. The van der Waals surface area contributed by atoms with Crippen LogP contribution in [0.3, 0.4) is 0 Å². The highest BCUT2D eigenvalue weighted by molar-refractivity contribution is 6.78. The number of benzene rings is 3. The number of ether oxygens (including phenoxy) is 1. The van der Waals surface area contributed by atoms with Gasteiger partial charge in [-0.25, -0.2) is 0 Å². The Morgan fingerprint density at radius 1 is 0.794 bits per heavy atom. The first-order valence-corrected chi connectivity index (χ1v) is 14.6. The molecule has 3 aromatic rings. The van der Waals surface area contributed by atoms with Crippen LogP contribution >= 0.6 is 0 Å². The summed E-state index contributed by atoms with van der Waals surface area (Å²) in [7, 11) is -0.406. The molecule has 4 rings (SSSR count). The van der Waals surface area contributed by atoms with Crippen LogP contribution in [0.1, 0.15) is 70.0 Å². The van der Waals surface area contributed by atoms with Crippen molar-refractivity contribution in [3.8, 4) is 11.5 Å². The minimum Gasteiger partial charge on any atom is -0.543 e. The fourth-order valence-electron chi connectivity index (χ4n) is 6.23. The number of ketones is 1. The molecule has 0 aliphatic heterocycles. The van der Waals surface area contributed by atoms with Crippen LogP contribution in [0.5, 0.6) is 11.5 Å². The molecule has 34 heavy (non-hydrogen) atoms. The Bertz CT molecular complexity index is 1210. The van der Waals surface area contributed by atoms with Gasteiger partial charge in [-0.1, -0.05) is 65.8 Å². The molecule has 180 valence electrons. The molecule has 0 N–H and O–H groups in total. The molecular formula is C30H38O3Si. The first kappa shape index (κ1) is 24.5. The number of rotatable bonds is 7. The van der Waals surface area contributed by atoms with Gasteiger partial charge in [-0.3, -0.25) is 4.79 Å². The third kappa shape index (κ3) is 3.86. The molecule has 1 aliphatic rings. The minimum atomic E-state index is -2.09. The van der Waals surface area contributed by atoms with E-state index >= 15 is 0 Å². The zero-order chi connectivity index (χ0) is 24.8. The third-order valence-electron chi connectivity index (χ3n) is 8.06. The normalized spacial score (nSPS) is 18.3. The van der Waals surface area contributed by atoms with E-state index < -0.39 is 13.7 Å². The molecule has 1 aliphatic carbocycles. The van der Waals surface area contributed by atoms with Gasteiger partial charge in [0.05, 0.1) is 12.5 Å². The van der Waals surface area contributed by atoms with Gasteiger partial charge in [0.25, 0.3) is 8.32 Å². The number of Topliss-reactive ketones (excluding diaryl/α,β-unsaturated/α-hetero) is 1. The summed E-state index contributed by atoms with van der Waals surface area (Å²) in [5, 5.41) is 2.23. The lowest BCUT2D eigenvalue weighted by molar-refractivity contribution is 0.0915. The van der Waals surface area contributed by atoms with E-state index in [0.717, 1.165) is 39.0 Å². The predicted molar refractivity (Wildman–Crippen MR) is 144 cm³/mol. The molecule has 0 fully saturated rings. The Labute approximate surface area is 205 Å². The van der Waals surface area contributed by atoms with Crippen LogP contribution < -0.4 is 9.16 Å². The van der Waals surface area contributed by atoms with Gasteiger partial charge in [-0.2, -0.15) is 0 Å². The number of hydrogen-bond acceptors (Lipinski definition) is 3. The Morgan fingerprint density at radius 3 is 2.03 bits per heavy atom. The van der Waals surface area contributed by atoms with Gasteiger partial charge in [0.15, 0.2) is 5.78 Å². The fraction of sp³-hybridized carbons (Fsp3) is 0.433. The maximum Gasteiger partial charge on any atom is 0.258 e. The molecule has 0 saturated heterocycles. The Hall–Kier alpha value is -2.59. The first-order chi connectivity index (χ1) is 16.0. The highest BCUT2D eigenvalue weighted by Gasteiger charge is 2.48. The van der Waals surface area contributed by atoms with Crippen LogP contribution in [-0.2, 0) is 11.8 Å². The lowest BCUT2D eigenvalue weighted by Gasteiger charge is -2.42. The van der Waals surface area contributed by atoms with Gasteiger partial charge in [0.2, 0.25) is 0 Å². The van der Waals surface area contributed by atoms with Crippen molar-refractivity contribution in [2.75, 3.05) is 7.11 Å². The lowest BCUT2D eigenvalue weighted by Crippen LogP contribution is -2.50. The summed E-state index contributed by atoms with van der Waals surface area (Å²) in [5.41, 5.74) is 3.83. The number of carbonyl (C=O) groups is 1. The average molecular weight is 475 g/mol. The molecule has 1 atom stereocenters. The van der Waals surface area contributed by atoms with Crippen molar-refractivity contribution in [2.24, 2.45) is 0 Å². The summed E-state index contributed by atoms with van der Waals surface area (Å²) >= 11 is 0. The topological polar surface area (TPSA) is 35.5 Å². The van der Waals surface area contributed by atoms with Crippen LogP contribution in [0.25, 0.3) is 10.8 Å². The molecule has 0 unspecified atom stereocenters. The van der Waals surface area contributed by atoms with Gasteiger partial charge < -0.3 is 9.16 Å². The summed E-state index contributed by atoms with van der Waals surface area (Å²) < 4.78 is 12.3. The number of fused-ring (bicyclic) bond motifs is 2. The lowest BCUT2D eigenvalue weighted by atomic mass is 9.78. The zero-order valence-corrected chi connectivity index (χ0v) is 22.9. The minimum absolute atomic E-state index is 0.182. The van der Waals surface area contributed by atoms with Gasteiger partial charge in [0.1, 0.15) is 11.5 Å². The SMILES string of the molecule is COc1ccc2ccc([C@]3(C)Cc4ccc(O[Si](C(C)C)(C(C)C)C(C)C)cc4C3=O)cc2c1. The number of hydrogen-bond donors (Lipinski definition) is 0. The number of methoxy groups -OCH3 is 1. The van der Waals surface area contributed by atoms with Crippen molar-refractivity contribution < 1.29 is 14.0 Å². The van der Waals surface area contributed by atoms with Crippen LogP contribution in [-0.4, -0.2) is 21.2 Å². The highest BCUT2D eigenvalue weighted by atomic mass is 28.4. The molecule has 0 saturated carbocycles. The van der Waals surface area contributed by atoms with Crippen LogP contribution in [0.15, 0.2) is 54.6 Å². The van der Waals surface area contributed by atoms with Crippen molar-refractivity contribution in [3.63, 3.8) is 0 Å².